The van der Waals surface area contributed by atoms with Crippen molar-refractivity contribution in [2.24, 2.45) is 0 Å². The molecule has 1 saturated heterocycles. The molecule has 35 heavy (non-hydrogen) atoms. The van der Waals surface area contributed by atoms with Crippen LogP contribution in [0.1, 0.15) is 82.5 Å². The van der Waals surface area contributed by atoms with Gasteiger partial charge in [-0.3, -0.25) is 9.59 Å². The zero-order chi connectivity index (χ0) is 25.5. The molecule has 6 nitrogen and oxygen atoms in total. The largest absolute Gasteiger partial charge is 0.507 e. The van der Waals surface area contributed by atoms with E-state index in [2.05, 4.69) is 6.92 Å². The summed E-state index contributed by atoms with van der Waals surface area (Å²) in [6, 6.07) is 12.1. The van der Waals surface area contributed by atoms with E-state index < -0.39 is 17.7 Å². The van der Waals surface area contributed by atoms with E-state index in [1.54, 1.807) is 11.0 Å². The predicted molar refractivity (Wildman–Crippen MR) is 138 cm³/mol. The van der Waals surface area contributed by atoms with Gasteiger partial charge in [-0.05, 0) is 67.6 Å². The number of ether oxygens (including phenoxy) is 2. The molecule has 1 unspecified atom stereocenters. The lowest BCUT2D eigenvalue weighted by Gasteiger charge is -2.26. The number of hydrogen-bond acceptors (Lipinski definition) is 5. The highest BCUT2D eigenvalue weighted by molar-refractivity contribution is 6.46. The van der Waals surface area contributed by atoms with Crippen molar-refractivity contribution in [1.82, 2.24) is 4.90 Å². The molecule has 0 aliphatic carbocycles. The van der Waals surface area contributed by atoms with E-state index in [9.17, 15) is 14.7 Å². The highest BCUT2D eigenvalue weighted by atomic mass is 16.5. The number of hydrogen-bond donors (Lipinski definition) is 1. The number of unbranched alkanes of at least 4 members (excludes halogenated alkanes) is 2. The summed E-state index contributed by atoms with van der Waals surface area (Å²) in [7, 11) is 0. The Labute approximate surface area is 208 Å². The number of nitrogens with zero attached hydrogens (tertiary/aromatic N) is 1. The summed E-state index contributed by atoms with van der Waals surface area (Å²) in [6.07, 6.45) is 2.73. The van der Waals surface area contributed by atoms with Crippen LogP contribution >= 0.6 is 0 Å². The minimum atomic E-state index is -0.679. The molecule has 1 atom stereocenters. The fourth-order valence-corrected chi connectivity index (χ4v) is 4.52. The van der Waals surface area contributed by atoms with Gasteiger partial charge in [0.15, 0.2) is 0 Å². The number of aliphatic hydroxyl groups excluding tert-OH is 1. The quantitative estimate of drug-likeness (QED) is 0.179. The number of benzene rings is 2. The first-order valence-corrected chi connectivity index (χ1v) is 12.6. The van der Waals surface area contributed by atoms with Gasteiger partial charge in [0.25, 0.3) is 11.7 Å². The molecule has 188 valence electrons. The van der Waals surface area contributed by atoms with Gasteiger partial charge in [-0.2, -0.15) is 0 Å². The first-order chi connectivity index (χ1) is 16.8. The Morgan fingerprint density at radius 3 is 2.40 bits per heavy atom. The average molecular weight is 480 g/mol. The van der Waals surface area contributed by atoms with Crippen molar-refractivity contribution < 1.29 is 24.2 Å². The lowest BCUT2D eigenvalue weighted by atomic mass is 9.93. The minimum Gasteiger partial charge on any atom is -0.507 e. The second-order valence-electron chi connectivity index (χ2n) is 9.05. The maximum Gasteiger partial charge on any atom is 0.295 e. The van der Waals surface area contributed by atoms with Gasteiger partial charge in [0.1, 0.15) is 17.3 Å². The van der Waals surface area contributed by atoms with Gasteiger partial charge in [-0.15, -0.1) is 0 Å². The van der Waals surface area contributed by atoms with Crippen molar-refractivity contribution in [2.45, 2.75) is 65.8 Å². The molecule has 2 aromatic carbocycles. The van der Waals surface area contributed by atoms with E-state index in [0.29, 0.717) is 31.1 Å². The second kappa shape index (κ2) is 11.9. The predicted octanol–water partition coefficient (Wildman–Crippen LogP) is 6.22. The SMILES string of the molecule is CCCCCN1C(=O)C(=O)/C(=C(/O)c2ccc(OCC)c(C(C)C)c2)C1c1cccc(OCC)c1. The monoisotopic (exact) mass is 479 g/mol. The average Bonchev–Trinajstić information content (AvgIpc) is 3.09. The Kier molecular flexibility index (Phi) is 8.96. The van der Waals surface area contributed by atoms with E-state index in [1.807, 2.05) is 64.1 Å². The minimum absolute atomic E-state index is 0.110. The number of Topliss-reactive ketones (excluding diaryl/α,β-unsaturated/α-hetero) is 1. The Balaban J connectivity index is 2.16. The standard InChI is InChI=1S/C29H37NO5/c1-6-9-10-16-30-26(20-12-11-13-22(17-20)34-7-2)25(28(32)29(30)33)27(31)21-14-15-24(35-8-3)23(18-21)19(4)5/h11-15,17-19,26,31H,6-10,16H2,1-5H3/b27-25+. The highest BCUT2D eigenvalue weighted by Gasteiger charge is 2.45. The van der Waals surface area contributed by atoms with Crippen LogP contribution in [-0.2, 0) is 9.59 Å². The van der Waals surface area contributed by atoms with Gasteiger partial charge >= 0.3 is 0 Å². The Morgan fingerprint density at radius 1 is 1.00 bits per heavy atom. The van der Waals surface area contributed by atoms with Gasteiger partial charge in [0, 0.05) is 12.1 Å². The molecule has 0 radical (unpaired) electrons. The van der Waals surface area contributed by atoms with Gasteiger partial charge < -0.3 is 19.5 Å². The van der Waals surface area contributed by atoms with Gasteiger partial charge in [0.05, 0.1) is 24.8 Å². The van der Waals surface area contributed by atoms with Crippen molar-refractivity contribution in [3.63, 3.8) is 0 Å². The molecule has 1 heterocycles. The van der Waals surface area contributed by atoms with Crippen LogP contribution in [0.5, 0.6) is 11.5 Å². The van der Waals surface area contributed by atoms with E-state index in [1.165, 1.54) is 0 Å². The molecule has 0 saturated carbocycles. The number of ketones is 1. The zero-order valence-electron chi connectivity index (χ0n) is 21.5. The fourth-order valence-electron chi connectivity index (χ4n) is 4.52. The molecular formula is C29H37NO5. The molecule has 3 rings (SSSR count). The molecule has 1 aliphatic heterocycles. The maximum atomic E-state index is 13.3. The van der Waals surface area contributed by atoms with Crippen LogP contribution in [0.15, 0.2) is 48.0 Å². The number of rotatable bonds is 11. The van der Waals surface area contributed by atoms with E-state index in [0.717, 1.165) is 36.1 Å². The van der Waals surface area contributed by atoms with Crippen LogP contribution < -0.4 is 9.47 Å². The van der Waals surface area contributed by atoms with Crippen LogP contribution in [0.3, 0.4) is 0 Å². The van der Waals surface area contributed by atoms with Gasteiger partial charge in [-0.1, -0.05) is 45.7 Å². The third-order valence-corrected chi connectivity index (χ3v) is 6.23. The molecule has 1 aliphatic rings. The van der Waals surface area contributed by atoms with Crippen molar-refractivity contribution in [1.29, 1.82) is 0 Å². The summed E-state index contributed by atoms with van der Waals surface area (Å²) in [5.74, 6) is 0.153. The van der Waals surface area contributed by atoms with Crippen molar-refractivity contribution in [3.05, 3.63) is 64.7 Å². The summed E-state index contributed by atoms with van der Waals surface area (Å²) < 4.78 is 11.4. The number of likely N-dealkylation sites (tertiary alicyclic amines) is 1. The van der Waals surface area contributed by atoms with E-state index in [-0.39, 0.29) is 17.3 Å². The number of amides is 1. The van der Waals surface area contributed by atoms with Crippen molar-refractivity contribution in [2.75, 3.05) is 19.8 Å². The highest BCUT2D eigenvalue weighted by Crippen LogP contribution is 2.41. The molecule has 1 N–H and O–H groups in total. The van der Waals surface area contributed by atoms with Crippen LogP contribution in [0.2, 0.25) is 0 Å². The third kappa shape index (κ3) is 5.69. The second-order valence-corrected chi connectivity index (χ2v) is 9.05. The van der Waals surface area contributed by atoms with Crippen molar-refractivity contribution >= 4 is 17.4 Å². The summed E-state index contributed by atoms with van der Waals surface area (Å²) >= 11 is 0. The van der Waals surface area contributed by atoms with E-state index in [4.69, 9.17) is 9.47 Å². The van der Waals surface area contributed by atoms with E-state index >= 15 is 0 Å². The summed E-state index contributed by atoms with van der Waals surface area (Å²) in [4.78, 5) is 28.0. The number of carbonyl (C=O) groups is 2. The van der Waals surface area contributed by atoms with Crippen LogP contribution in [0.4, 0.5) is 0 Å². The van der Waals surface area contributed by atoms with Crippen molar-refractivity contribution in [3.8, 4) is 11.5 Å². The topological polar surface area (TPSA) is 76.1 Å². The maximum absolute atomic E-state index is 13.3. The summed E-state index contributed by atoms with van der Waals surface area (Å²) in [5, 5.41) is 11.4. The van der Waals surface area contributed by atoms with Crippen LogP contribution in [0.25, 0.3) is 5.76 Å². The molecule has 0 bridgehead atoms. The van der Waals surface area contributed by atoms with Crippen LogP contribution in [0, 0.1) is 0 Å². The van der Waals surface area contributed by atoms with Gasteiger partial charge in [-0.25, -0.2) is 0 Å². The molecule has 1 fully saturated rings. The summed E-state index contributed by atoms with van der Waals surface area (Å²) in [5.41, 5.74) is 2.28. The lowest BCUT2D eigenvalue weighted by Crippen LogP contribution is -2.30. The Bertz CT molecular complexity index is 1090. The van der Waals surface area contributed by atoms with Crippen LogP contribution in [-0.4, -0.2) is 41.5 Å². The summed E-state index contributed by atoms with van der Waals surface area (Å²) in [6.45, 7) is 11.5. The first-order valence-electron chi connectivity index (χ1n) is 12.6. The number of aliphatic hydroxyl groups is 1. The lowest BCUT2D eigenvalue weighted by molar-refractivity contribution is -0.139. The fraction of sp³-hybridized carbons (Fsp3) is 0.448. The number of carbonyl (C=O) groups excluding carboxylic acids is 2. The molecule has 2 aromatic rings. The Morgan fingerprint density at radius 2 is 1.74 bits per heavy atom. The Hall–Kier alpha value is -3.28. The zero-order valence-corrected chi connectivity index (χ0v) is 21.5. The normalized spacial score (nSPS) is 17.3. The molecule has 0 spiro atoms. The molecule has 1 amide bonds. The van der Waals surface area contributed by atoms with Gasteiger partial charge in [0.2, 0.25) is 0 Å². The third-order valence-electron chi connectivity index (χ3n) is 6.23. The smallest absolute Gasteiger partial charge is 0.295 e. The molecular weight excluding hydrogens is 442 g/mol. The molecule has 0 aromatic heterocycles. The molecule has 6 heteroatoms. The first kappa shape index (κ1) is 26.3.